The molecule has 0 aromatic heterocycles. The van der Waals surface area contributed by atoms with E-state index < -0.39 is 0 Å². The van der Waals surface area contributed by atoms with E-state index >= 15 is 0 Å². The molecule has 0 saturated carbocycles. The summed E-state index contributed by atoms with van der Waals surface area (Å²) in [7, 11) is 0. The predicted molar refractivity (Wildman–Crippen MR) is 118 cm³/mol. The molecule has 8 heteroatoms. The second kappa shape index (κ2) is 11.7. The van der Waals surface area contributed by atoms with Gasteiger partial charge in [0.05, 0.1) is 13.2 Å². The minimum Gasteiger partial charge on any atom is -0.490 e. The first-order valence-corrected chi connectivity index (χ1v) is 11.6. The third kappa shape index (κ3) is 6.68. The fraction of sp³-hybridized carbons (Fsp3) is 0.636. The first-order chi connectivity index (χ1) is 14.6. The van der Waals surface area contributed by atoms with Crippen molar-refractivity contribution in [2.45, 2.75) is 38.2 Å². The molecule has 0 aliphatic carbocycles. The number of hydrogen-bond donors (Lipinski definition) is 1. The van der Waals surface area contributed by atoms with E-state index in [2.05, 4.69) is 15.9 Å². The lowest BCUT2D eigenvalue weighted by atomic mass is 9.90. The number of unbranched alkanes of at least 4 members (excludes halogenated alkanes) is 1. The fourth-order valence-electron chi connectivity index (χ4n) is 4.05. The highest BCUT2D eigenvalue weighted by atomic mass is 79.9. The van der Waals surface area contributed by atoms with Gasteiger partial charge in [-0.2, -0.15) is 0 Å². The van der Waals surface area contributed by atoms with Crippen molar-refractivity contribution in [2.75, 3.05) is 45.9 Å². The van der Waals surface area contributed by atoms with Crippen molar-refractivity contribution < 1.29 is 19.1 Å². The fourth-order valence-corrected chi connectivity index (χ4v) is 4.43. The van der Waals surface area contributed by atoms with E-state index in [1.807, 2.05) is 34.1 Å². The van der Waals surface area contributed by atoms with Crippen LogP contribution in [0.4, 0.5) is 0 Å². The zero-order valence-electron chi connectivity index (χ0n) is 17.4. The maximum atomic E-state index is 12.9. The number of carbonyl (C=O) groups excluding carboxylic acids is 2. The van der Waals surface area contributed by atoms with Crippen molar-refractivity contribution >= 4 is 27.7 Å². The van der Waals surface area contributed by atoms with Crippen LogP contribution in [0.15, 0.2) is 28.7 Å². The molecule has 0 unspecified atom stereocenters. The van der Waals surface area contributed by atoms with Gasteiger partial charge in [-0.25, -0.2) is 0 Å². The van der Waals surface area contributed by atoms with E-state index in [4.69, 9.17) is 15.2 Å². The van der Waals surface area contributed by atoms with Gasteiger partial charge in [0.15, 0.2) is 0 Å². The number of carbonyl (C=O) groups is 2. The number of halogens is 1. The zero-order valence-corrected chi connectivity index (χ0v) is 19.0. The van der Waals surface area contributed by atoms with E-state index in [-0.39, 0.29) is 23.8 Å². The Morgan fingerprint density at radius 2 is 1.93 bits per heavy atom. The molecule has 7 nitrogen and oxygen atoms in total. The minimum atomic E-state index is -0.0996. The van der Waals surface area contributed by atoms with Gasteiger partial charge in [-0.3, -0.25) is 9.59 Å². The Morgan fingerprint density at radius 3 is 2.67 bits per heavy atom. The van der Waals surface area contributed by atoms with Crippen LogP contribution in [0.3, 0.4) is 0 Å². The third-order valence-corrected chi connectivity index (χ3v) is 6.24. The number of amides is 2. The van der Waals surface area contributed by atoms with Gasteiger partial charge in [-0.1, -0.05) is 22.0 Å². The average molecular weight is 482 g/mol. The molecule has 3 rings (SSSR count). The van der Waals surface area contributed by atoms with Crippen molar-refractivity contribution in [1.29, 1.82) is 0 Å². The number of morpholine rings is 1. The van der Waals surface area contributed by atoms with Gasteiger partial charge < -0.3 is 25.0 Å². The summed E-state index contributed by atoms with van der Waals surface area (Å²) in [4.78, 5) is 29.3. The molecule has 2 heterocycles. The molecule has 166 valence electrons. The summed E-state index contributed by atoms with van der Waals surface area (Å²) in [6.45, 7) is 4.24. The quantitative estimate of drug-likeness (QED) is 0.576. The Labute approximate surface area is 187 Å². The molecule has 1 aromatic carbocycles. The molecule has 30 heavy (non-hydrogen) atoms. The van der Waals surface area contributed by atoms with Crippen LogP contribution in [-0.2, 0) is 14.3 Å². The SMILES string of the molecule is NCCCCC(=O)N1CC[C@H](Oc2cccc(Br)c2)[C@@H](CC(=O)N2CCOCC2)C1. The summed E-state index contributed by atoms with van der Waals surface area (Å²) in [5.74, 6) is 1.00. The molecule has 0 bridgehead atoms. The van der Waals surface area contributed by atoms with Crippen molar-refractivity contribution in [1.82, 2.24) is 9.80 Å². The predicted octanol–water partition coefficient (Wildman–Crippen LogP) is 2.42. The number of piperidine rings is 1. The lowest BCUT2D eigenvalue weighted by Crippen LogP contribution is -2.50. The van der Waals surface area contributed by atoms with Crippen LogP contribution < -0.4 is 10.5 Å². The Kier molecular flexibility index (Phi) is 8.96. The Bertz CT molecular complexity index is 711. The van der Waals surface area contributed by atoms with Gasteiger partial charge in [-0.05, 0) is 37.6 Å². The largest absolute Gasteiger partial charge is 0.490 e. The summed E-state index contributed by atoms with van der Waals surface area (Å²) >= 11 is 3.48. The lowest BCUT2D eigenvalue weighted by molar-refractivity contribution is -0.141. The minimum absolute atomic E-state index is 0.0356. The second-order valence-electron chi connectivity index (χ2n) is 7.95. The first kappa shape index (κ1) is 23.0. The summed E-state index contributed by atoms with van der Waals surface area (Å²) in [6.07, 6.45) is 3.17. The van der Waals surface area contributed by atoms with Gasteiger partial charge in [0.2, 0.25) is 11.8 Å². The summed E-state index contributed by atoms with van der Waals surface area (Å²) in [6, 6.07) is 7.75. The Morgan fingerprint density at radius 1 is 1.13 bits per heavy atom. The average Bonchev–Trinajstić information content (AvgIpc) is 2.75. The monoisotopic (exact) mass is 481 g/mol. The molecule has 0 spiro atoms. The number of hydrogen-bond acceptors (Lipinski definition) is 5. The van der Waals surface area contributed by atoms with Crippen LogP contribution >= 0.6 is 15.9 Å². The van der Waals surface area contributed by atoms with E-state index in [9.17, 15) is 9.59 Å². The number of nitrogens with zero attached hydrogens (tertiary/aromatic N) is 2. The van der Waals surface area contributed by atoms with Crippen LogP contribution in [0.1, 0.15) is 32.1 Å². The molecule has 2 amide bonds. The molecule has 2 fully saturated rings. The van der Waals surface area contributed by atoms with E-state index in [1.54, 1.807) is 0 Å². The standard InChI is InChI=1S/C22H32BrN3O4/c23-18-4-3-5-19(15-18)30-20-7-9-26(21(27)6-1-2-8-24)16-17(20)14-22(28)25-10-12-29-13-11-25/h3-5,15,17,20H,1-2,6-14,16,24H2/t17-,20-/m0/s1. The van der Waals surface area contributed by atoms with Gasteiger partial charge in [0.1, 0.15) is 11.9 Å². The zero-order chi connectivity index (χ0) is 21.3. The van der Waals surface area contributed by atoms with Crippen LogP contribution in [0.25, 0.3) is 0 Å². The molecule has 2 aliphatic rings. The number of benzene rings is 1. The normalized spacial score (nSPS) is 22.1. The molecule has 1 aromatic rings. The lowest BCUT2D eigenvalue weighted by Gasteiger charge is -2.39. The van der Waals surface area contributed by atoms with E-state index in [0.29, 0.717) is 58.8 Å². The highest BCUT2D eigenvalue weighted by molar-refractivity contribution is 9.10. The van der Waals surface area contributed by atoms with Crippen molar-refractivity contribution in [3.05, 3.63) is 28.7 Å². The Hall–Kier alpha value is -1.64. The summed E-state index contributed by atoms with van der Waals surface area (Å²) in [5.41, 5.74) is 5.55. The molecule has 0 radical (unpaired) electrons. The first-order valence-electron chi connectivity index (χ1n) is 10.8. The van der Waals surface area contributed by atoms with Crippen molar-refractivity contribution in [3.63, 3.8) is 0 Å². The van der Waals surface area contributed by atoms with Gasteiger partial charge in [-0.15, -0.1) is 0 Å². The van der Waals surface area contributed by atoms with E-state index in [0.717, 1.165) is 29.5 Å². The van der Waals surface area contributed by atoms with Crippen LogP contribution in [-0.4, -0.2) is 73.7 Å². The molecule has 2 aliphatic heterocycles. The maximum absolute atomic E-state index is 12.9. The van der Waals surface area contributed by atoms with E-state index in [1.165, 1.54) is 0 Å². The maximum Gasteiger partial charge on any atom is 0.223 e. The third-order valence-electron chi connectivity index (χ3n) is 5.75. The topological polar surface area (TPSA) is 85.1 Å². The number of ether oxygens (including phenoxy) is 2. The smallest absolute Gasteiger partial charge is 0.223 e. The van der Waals surface area contributed by atoms with Crippen molar-refractivity contribution in [3.8, 4) is 5.75 Å². The molecular weight excluding hydrogens is 450 g/mol. The van der Waals surface area contributed by atoms with Gasteiger partial charge in [0, 0.05) is 55.8 Å². The Balaban J connectivity index is 1.66. The second-order valence-corrected chi connectivity index (χ2v) is 8.86. The van der Waals surface area contributed by atoms with Crippen LogP contribution in [0.2, 0.25) is 0 Å². The molecule has 2 atom stereocenters. The van der Waals surface area contributed by atoms with Gasteiger partial charge >= 0.3 is 0 Å². The van der Waals surface area contributed by atoms with Gasteiger partial charge in [0.25, 0.3) is 0 Å². The number of likely N-dealkylation sites (tertiary alicyclic amines) is 1. The summed E-state index contributed by atoms with van der Waals surface area (Å²) in [5, 5.41) is 0. The highest BCUT2D eigenvalue weighted by Gasteiger charge is 2.35. The molecule has 2 saturated heterocycles. The van der Waals surface area contributed by atoms with Crippen LogP contribution in [0, 0.1) is 5.92 Å². The highest BCUT2D eigenvalue weighted by Crippen LogP contribution is 2.28. The number of nitrogens with two attached hydrogens (primary N) is 1. The molecule has 2 N–H and O–H groups in total. The van der Waals surface area contributed by atoms with Crippen molar-refractivity contribution in [2.24, 2.45) is 11.7 Å². The summed E-state index contributed by atoms with van der Waals surface area (Å²) < 4.78 is 12.6. The van der Waals surface area contributed by atoms with Crippen LogP contribution in [0.5, 0.6) is 5.75 Å². The molecular formula is C22H32BrN3O4. The number of rotatable bonds is 8.